The average molecular weight is 389 g/mol. The summed E-state index contributed by atoms with van der Waals surface area (Å²) in [5, 5.41) is 4.58. The van der Waals surface area contributed by atoms with Gasteiger partial charge in [0.15, 0.2) is 0 Å². The van der Waals surface area contributed by atoms with E-state index in [2.05, 4.69) is 10.3 Å². The fourth-order valence-corrected chi connectivity index (χ4v) is 3.38. The molecule has 0 aliphatic rings. The van der Waals surface area contributed by atoms with Crippen molar-refractivity contribution in [1.82, 2.24) is 10.3 Å². The van der Waals surface area contributed by atoms with E-state index in [9.17, 15) is 9.59 Å². The maximum Gasteiger partial charge on any atom is 0.252 e. The minimum absolute atomic E-state index is 0.134. The van der Waals surface area contributed by atoms with Crippen LogP contribution in [-0.4, -0.2) is 17.4 Å². The van der Waals surface area contributed by atoms with Crippen LogP contribution in [0.1, 0.15) is 27.0 Å². The number of rotatable bonds is 4. The van der Waals surface area contributed by atoms with Gasteiger partial charge < -0.3 is 10.3 Å². The molecule has 0 saturated carbocycles. The first-order chi connectivity index (χ1) is 12.4. The minimum atomic E-state index is -0.295. The third kappa shape index (κ3) is 3.76. The van der Waals surface area contributed by atoms with Crippen molar-refractivity contribution in [3.05, 3.63) is 79.1 Å². The van der Waals surface area contributed by atoms with Crippen molar-refractivity contribution in [2.45, 2.75) is 20.3 Å². The lowest BCUT2D eigenvalue weighted by Gasteiger charge is -2.09. The Morgan fingerprint density at radius 3 is 2.54 bits per heavy atom. The molecule has 0 aliphatic heterocycles. The van der Waals surface area contributed by atoms with Gasteiger partial charge in [0.05, 0.1) is 16.1 Å². The van der Waals surface area contributed by atoms with Crippen molar-refractivity contribution in [2.24, 2.45) is 0 Å². The largest absolute Gasteiger partial charge is 0.352 e. The van der Waals surface area contributed by atoms with Crippen LogP contribution in [0.3, 0.4) is 0 Å². The smallest absolute Gasteiger partial charge is 0.252 e. The molecule has 0 saturated heterocycles. The Labute approximate surface area is 161 Å². The van der Waals surface area contributed by atoms with E-state index in [4.69, 9.17) is 23.2 Å². The van der Waals surface area contributed by atoms with Crippen LogP contribution in [0, 0.1) is 13.8 Å². The van der Waals surface area contributed by atoms with E-state index in [0.29, 0.717) is 34.1 Å². The average Bonchev–Trinajstić information content (AvgIpc) is 2.59. The summed E-state index contributed by atoms with van der Waals surface area (Å²) in [7, 11) is 0. The van der Waals surface area contributed by atoms with Gasteiger partial charge in [-0.2, -0.15) is 0 Å². The first kappa shape index (κ1) is 18.5. The highest BCUT2D eigenvalue weighted by molar-refractivity contribution is 6.36. The molecule has 0 atom stereocenters. The highest BCUT2D eigenvalue weighted by Crippen LogP contribution is 2.21. The number of hydrogen-bond donors (Lipinski definition) is 2. The second kappa shape index (κ2) is 7.52. The molecule has 0 spiro atoms. The van der Waals surface area contributed by atoms with Crippen molar-refractivity contribution < 1.29 is 4.79 Å². The molecular weight excluding hydrogens is 371 g/mol. The Balaban J connectivity index is 1.76. The number of nitrogens with one attached hydrogen (secondary N) is 2. The topological polar surface area (TPSA) is 62.0 Å². The van der Waals surface area contributed by atoms with Crippen molar-refractivity contribution >= 4 is 40.0 Å². The molecule has 26 heavy (non-hydrogen) atoms. The molecule has 2 N–H and O–H groups in total. The Bertz CT molecular complexity index is 1060. The van der Waals surface area contributed by atoms with E-state index in [1.807, 2.05) is 32.0 Å². The number of pyridine rings is 1. The van der Waals surface area contributed by atoms with Crippen molar-refractivity contribution in [2.75, 3.05) is 6.54 Å². The number of H-pyrrole nitrogens is 1. The van der Waals surface area contributed by atoms with Crippen molar-refractivity contribution in [3.63, 3.8) is 0 Å². The number of carbonyl (C=O) groups excluding carboxylic acids is 1. The van der Waals surface area contributed by atoms with Crippen LogP contribution < -0.4 is 10.9 Å². The molecule has 4 nitrogen and oxygen atoms in total. The highest BCUT2D eigenvalue weighted by Gasteiger charge is 2.11. The highest BCUT2D eigenvalue weighted by atomic mass is 35.5. The molecule has 0 bridgehead atoms. The van der Waals surface area contributed by atoms with E-state index >= 15 is 0 Å². The number of aromatic amines is 1. The van der Waals surface area contributed by atoms with Crippen LogP contribution in [0.2, 0.25) is 10.0 Å². The lowest BCUT2D eigenvalue weighted by atomic mass is 10.0. The predicted molar refractivity (Wildman–Crippen MR) is 107 cm³/mol. The van der Waals surface area contributed by atoms with Gasteiger partial charge in [0.25, 0.3) is 11.5 Å². The van der Waals surface area contributed by atoms with Crippen LogP contribution in [0.4, 0.5) is 0 Å². The van der Waals surface area contributed by atoms with E-state index in [1.54, 1.807) is 12.1 Å². The molecule has 1 heterocycles. The zero-order valence-electron chi connectivity index (χ0n) is 14.5. The summed E-state index contributed by atoms with van der Waals surface area (Å²) in [5.41, 5.74) is 3.84. The van der Waals surface area contributed by atoms with Crippen LogP contribution >= 0.6 is 23.2 Å². The van der Waals surface area contributed by atoms with Gasteiger partial charge in [-0.25, -0.2) is 0 Å². The number of fused-ring (bicyclic) bond motifs is 1. The van der Waals surface area contributed by atoms with E-state index in [0.717, 1.165) is 22.0 Å². The van der Waals surface area contributed by atoms with Crippen molar-refractivity contribution in [3.8, 4) is 0 Å². The summed E-state index contributed by atoms with van der Waals surface area (Å²) in [6.45, 7) is 4.30. The van der Waals surface area contributed by atoms with Crippen molar-refractivity contribution in [1.29, 1.82) is 0 Å². The number of aromatic nitrogens is 1. The maximum absolute atomic E-state index is 12.3. The fraction of sp³-hybridized carbons (Fsp3) is 0.200. The number of benzene rings is 2. The van der Waals surface area contributed by atoms with Gasteiger partial charge >= 0.3 is 0 Å². The van der Waals surface area contributed by atoms with Gasteiger partial charge in [-0.1, -0.05) is 35.3 Å². The Morgan fingerprint density at radius 1 is 1.08 bits per heavy atom. The minimum Gasteiger partial charge on any atom is -0.352 e. The molecule has 134 valence electrons. The SMILES string of the molecule is Cc1ccc(C)c2[nH]c(=O)c(CCNC(=O)c3ccc(Cl)cc3Cl)cc12. The number of amides is 1. The lowest BCUT2D eigenvalue weighted by molar-refractivity contribution is 0.0954. The van der Waals surface area contributed by atoms with Gasteiger partial charge in [-0.3, -0.25) is 9.59 Å². The number of hydrogen-bond acceptors (Lipinski definition) is 2. The molecule has 1 aromatic heterocycles. The second-order valence-electron chi connectivity index (χ2n) is 6.24. The van der Waals surface area contributed by atoms with Gasteiger partial charge in [0.2, 0.25) is 0 Å². The van der Waals surface area contributed by atoms with E-state index in [1.165, 1.54) is 6.07 Å². The molecule has 2 aromatic carbocycles. The summed E-state index contributed by atoms with van der Waals surface area (Å²) < 4.78 is 0. The third-order valence-corrected chi connectivity index (χ3v) is 4.92. The van der Waals surface area contributed by atoms with E-state index in [-0.39, 0.29) is 11.5 Å². The zero-order valence-corrected chi connectivity index (χ0v) is 16.0. The first-order valence-electron chi connectivity index (χ1n) is 8.22. The second-order valence-corrected chi connectivity index (χ2v) is 7.09. The summed E-state index contributed by atoms with van der Waals surface area (Å²) in [4.78, 5) is 27.5. The summed E-state index contributed by atoms with van der Waals surface area (Å²) >= 11 is 11.9. The third-order valence-electron chi connectivity index (χ3n) is 4.38. The Hall–Kier alpha value is -2.30. The molecule has 0 radical (unpaired) electrons. The van der Waals surface area contributed by atoms with Crippen LogP contribution in [0.25, 0.3) is 10.9 Å². The fourth-order valence-electron chi connectivity index (χ4n) is 2.88. The number of aryl methyl sites for hydroxylation is 2. The monoisotopic (exact) mass is 388 g/mol. The number of halogens is 2. The summed E-state index contributed by atoms with van der Waals surface area (Å²) in [5.74, 6) is -0.295. The summed E-state index contributed by atoms with van der Waals surface area (Å²) in [6, 6.07) is 10.6. The molecule has 3 rings (SSSR count). The predicted octanol–water partition coefficient (Wildman–Crippen LogP) is 4.42. The lowest BCUT2D eigenvalue weighted by Crippen LogP contribution is -2.27. The molecule has 0 unspecified atom stereocenters. The standard InChI is InChI=1S/C20H18Cl2N2O2/c1-11-3-4-12(2)18-16(11)9-13(19(25)24-18)7-8-23-20(26)15-6-5-14(21)10-17(15)22/h3-6,9-10H,7-8H2,1-2H3,(H,23,26)(H,24,25). The molecule has 6 heteroatoms. The Morgan fingerprint density at radius 2 is 1.81 bits per heavy atom. The van der Waals surface area contributed by atoms with Gasteiger partial charge in [0, 0.05) is 22.5 Å². The molecule has 0 aliphatic carbocycles. The number of carbonyl (C=O) groups is 1. The van der Waals surface area contributed by atoms with Gasteiger partial charge in [0.1, 0.15) is 0 Å². The van der Waals surface area contributed by atoms with E-state index < -0.39 is 0 Å². The molecule has 1 amide bonds. The van der Waals surface area contributed by atoms with Crippen LogP contribution in [-0.2, 0) is 6.42 Å². The van der Waals surface area contributed by atoms with Crippen LogP contribution in [0.15, 0.2) is 41.2 Å². The molecule has 0 fully saturated rings. The molecular formula is C20H18Cl2N2O2. The van der Waals surface area contributed by atoms with Crippen LogP contribution in [0.5, 0.6) is 0 Å². The quantitative estimate of drug-likeness (QED) is 0.694. The Kier molecular flexibility index (Phi) is 5.35. The van der Waals surface area contributed by atoms with Gasteiger partial charge in [-0.05, 0) is 55.7 Å². The normalized spacial score (nSPS) is 10.9. The zero-order chi connectivity index (χ0) is 18.8. The maximum atomic E-state index is 12.3. The van der Waals surface area contributed by atoms with Gasteiger partial charge in [-0.15, -0.1) is 0 Å². The first-order valence-corrected chi connectivity index (χ1v) is 8.98. The summed E-state index contributed by atoms with van der Waals surface area (Å²) in [6.07, 6.45) is 0.426. The molecule has 3 aromatic rings.